The number of cyclic esters (lactones) is 4. The maximum atomic E-state index is 11.4. The Hall–Kier alpha value is -2.19. The molecule has 3 unspecified atom stereocenters. The number of rotatable bonds is 2. The lowest BCUT2D eigenvalue weighted by molar-refractivity contribution is -0.175. The molecule has 0 saturated carbocycles. The van der Waals surface area contributed by atoms with Gasteiger partial charge in [0.25, 0.3) is 12.1 Å². The Morgan fingerprint density at radius 3 is 2.56 bits per heavy atom. The lowest BCUT2D eigenvalue weighted by Gasteiger charge is -2.23. The molecular weight excluding hydrogens is 252 g/mol. The Labute approximate surface area is 101 Å². The third-order valence-corrected chi connectivity index (χ3v) is 2.38. The van der Waals surface area contributed by atoms with Crippen molar-refractivity contribution in [3.8, 4) is 0 Å². The van der Waals surface area contributed by atoms with E-state index in [9.17, 15) is 14.4 Å². The maximum Gasteiger partial charge on any atom is 0.514 e. The van der Waals surface area contributed by atoms with Crippen molar-refractivity contribution >= 4 is 18.5 Å². The van der Waals surface area contributed by atoms with E-state index in [4.69, 9.17) is 9.47 Å². The quantitative estimate of drug-likeness (QED) is 0.529. The second-order valence-corrected chi connectivity index (χ2v) is 3.71. The molecule has 18 heavy (non-hydrogen) atoms. The van der Waals surface area contributed by atoms with Gasteiger partial charge in [0.15, 0.2) is 12.7 Å². The van der Waals surface area contributed by atoms with Crippen LogP contribution in [-0.2, 0) is 28.4 Å². The van der Waals surface area contributed by atoms with Crippen LogP contribution < -0.4 is 0 Å². The van der Waals surface area contributed by atoms with Gasteiger partial charge in [0.2, 0.25) is 0 Å². The third-order valence-electron chi connectivity index (χ3n) is 2.38. The van der Waals surface area contributed by atoms with Gasteiger partial charge in [-0.1, -0.05) is 0 Å². The van der Waals surface area contributed by atoms with Crippen LogP contribution in [0.4, 0.5) is 14.4 Å². The fourth-order valence-corrected chi connectivity index (χ4v) is 1.29. The first kappa shape index (κ1) is 12.3. The summed E-state index contributed by atoms with van der Waals surface area (Å²) in [6, 6.07) is 0. The van der Waals surface area contributed by atoms with E-state index >= 15 is 0 Å². The molecule has 9 heteroatoms. The first-order valence-electron chi connectivity index (χ1n) is 5.02. The molecule has 0 aromatic heterocycles. The summed E-state index contributed by atoms with van der Waals surface area (Å²) in [4.78, 5) is 32.8. The maximum absolute atomic E-state index is 11.4. The Kier molecular flexibility index (Phi) is 2.89. The fraction of sp³-hybridized carbons (Fsp3) is 0.667. The van der Waals surface area contributed by atoms with E-state index in [1.54, 1.807) is 0 Å². The Morgan fingerprint density at radius 1 is 1.33 bits per heavy atom. The summed E-state index contributed by atoms with van der Waals surface area (Å²) < 4.78 is 27.6. The number of ether oxygens (including phenoxy) is 6. The van der Waals surface area contributed by atoms with Crippen LogP contribution in [0.3, 0.4) is 0 Å². The molecular formula is C9H10O9. The van der Waals surface area contributed by atoms with E-state index in [0.717, 1.165) is 0 Å². The van der Waals surface area contributed by atoms with Crippen molar-refractivity contribution in [1.82, 2.24) is 0 Å². The molecule has 3 atom stereocenters. The van der Waals surface area contributed by atoms with Crippen LogP contribution >= 0.6 is 0 Å². The van der Waals surface area contributed by atoms with Crippen LogP contribution in [0.5, 0.6) is 0 Å². The van der Waals surface area contributed by atoms with E-state index in [-0.39, 0.29) is 6.61 Å². The zero-order valence-electron chi connectivity index (χ0n) is 9.54. The van der Waals surface area contributed by atoms with E-state index in [1.807, 2.05) is 0 Å². The topological polar surface area (TPSA) is 107 Å². The van der Waals surface area contributed by atoms with Gasteiger partial charge in [-0.3, -0.25) is 0 Å². The molecule has 9 nitrogen and oxygen atoms in total. The Balaban J connectivity index is 1.87. The van der Waals surface area contributed by atoms with Crippen molar-refractivity contribution in [3.05, 3.63) is 0 Å². The summed E-state index contributed by atoms with van der Waals surface area (Å²) in [7, 11) is 0. The van der Waals surface area contributed by atoms with Gasteiger partial charge >= 0.3 is 18.5 Å². The molecule has 2 aliphatic heterocycles. The van der Waals surface area contributed by atoms with Gasteiger partial charge in [0.1, 0.15) is 0 Å². The summed E-state index contributed by atoms with van der Waals surface area (Å²) in [5.74, 6) is -1.59. The molecule has 0 aromatic carbocycles. The van der Waals surface area contributed by atoms with Crippen LogP contribution in [0.15, 0.2) is 0 Å². The number of hydrogen-bond acceptors (Lipinski definition) is 9. The lowest BCUT2D eigenvalue weighted by atomic mass is 10.2. The molecule has 2 rings (SSSR count). The van der Waals surface area contributed by atoms with Gasteiger partial charge in [-0.2, -0.15) is 0 Å². The molecule has 0 radical (unpaired) electrons. The van der Waals surface area contributed by atoms with E-state index in [1.165, 1.54) is 13.8 Å². The van der Waals surface area contributed by atoms with Gasteiger partial charge in [-0.15, -0.1) is 0 Å². The highest BCUT2D eigenvalue weighted by molar-refractivity contribution is 5.66. The third kappa shape index (κ3) is 2.39. The minimum absolute atomic E-state index is 0.226. The molecule has 100 valence electrons. The van der Waals surface area contributed by atoms with Crippen LogP contribution in [0.25, 0.3) is 0 Å². The van der Waals surface area contributed by atoms with Crippen molar-refractivity contribution in [2.45, 2.75) is 32.0 Å². The molecule has 2 fully saturated rings. The van der Waals surface area contributed by atoms with E-state index in [2.05, 4.69) is 18.9 Å². The standard InChI is InChI=1S/C9H10O9/c1-4-9(2,17-7(11)14-4)18-8(12)16-5-3-13-6(10)15-5/h4-5H,3H2,1-2H3. The van der Waals surface area contributed by atoms with Gasteiger partial charge in [0, 0.05) is 6.92 Å². The zero-order valence-corrected chi connectivity index (χ0v) is 9.54. The highest BCUT2D eigenvalue weighted by atomic mass is 16.9. The minimum Gasteiger partial charge on any atom is -0.426 e. The smallest absolute Gasteiger partial charge is 0.426 e. The second-order valence-electron chi connectivity index (χ2n) is 3.71. The summed E-state index contributed by atoms with van der Waals surface area (Å²) in [5, 5.41) is 0. The highest BCUT2D eigenvalue weighted by Crippen LogP contribution is 2.28. The molecule has 0 bridgehead atoms. The molecule has 0 aliphatic carbocycles. The largest absolute Gasteiger partial charge is 0.514 e. The normalized spacial score (nSPS) is 34.1. The zero-order chi connectivity index (χ0) is 13.3. The van der Waals surface area contributed by atoms with Gasteiger partial charge in [0.05, 0.1) is 0 Å². The summed E-state index contributed by atoms with van der Waals surface area (Å²) >= 11 is 0. The fourth-order valence-electron chi connectivity index (χ4n) is 1.29. The van der Waals surface area contributed by atoms with Gasteiger partial charge in [-0.05, 0) is 6.92 Å². The summed E-state index contributed by atoms with van der Waals surface area (Å²) in [6.07, 6.45) is -5.04. The first-order chi connectivity index (χ1) is 8.39. The van der Waals surface area contributed by atoms with Crippen molar-refractivity contribution in [3.63, 3.8) is 0 Å². The van der Waals surface area contributed by atoms with Crippen molar-refractivity contribution in [2.24, 2.45) is 0 Å². The molecule has 0 N–H and O–H groups in total. The average molecular weight is 262 g/mol. The number of hydrogen-bond donors (Lipinski definition) is 0. The molecule has 2 heterocycles. The first-order valence-corrected chi connectivity index (χ1v) is 5.02. The summed E-state index contributed by atoms with van der Waals surface area (Å²) in [5.41, 5.74) is 0. The van der Waals surface area contributed by atoms with Crippen LogP contribution in [0.2, 0.25) is 0 Å². The Bertz CT molecular complexity index is 391. The number of carbonyl (C=O) groups excluding carboxylic acids is 3. The average Bonchev–Trinajstić information content (AvgIpc) is 2.72. The molecule has 0 amide bonds. The molecule has 2 saturated heterocycles. The SMILES string of the molecule is CC1OC(=O)OC1(C)OC(=O)OC1COC(=O)O1. The van der Waals surface area contributed by atoms with Crippen molar-refractivity contribution in [1.29, 1.82) is 0 Å². The van der Waals surface area contributed by atoms with Gasteiger partial charge < -0.3 is 28.4 Å². The number of carbonyl (C=O) groups is 3. The minimum atomic E-state index is -1.59. The summed E-state index contributed by atoms with van der Waals surface area (Å²) in [6.45, 7) is 2.59. The predicted molar refractivity (Wildman–Crippen MR) is 49.2 cm³/mol. The molecule has 0 aromatic rings. The van der Waals surface area contributed by atoms with Crippen LogP contribution in [-0.4, -0.2) is 43.3 Å². The van der Waals surface area contributed by atoms with Crippen LogP contribution in [0, 0.1) is 0 Å². The van der Waals surface area contributed by atoms with Crippen molar-refractivity contribution < 1.29 is 42.8 Å². The predicted octanol–water partition coefficient (Wildman–Crippen LogP) is 0.904. The molecule has 2 aliphatic rings. The highest BCUT2D eigenvalue weighted by Gasteiger charge is 2.49. The second kappa shape index (κ2) is 4.24. The van der Waals surface area contributed by atoms with E-state index in [0.29, 0.717) is 0 Å². The Morgan fingerprint density at radius 2 is 2.06 bits per heavy atom. The molecule has 0 spiro atoms. The van der Waals surface area contributed by atoms with Crippen LogP contribution in [0.1, 0.15) is 13.8 Å². The van der Waals surface area contributed by atoms with Gasteiger partial charge in [-0.25, -0.2) is 14.4 Å². The van der Waals surface area contributed by atoms with Crippen molar-refractivity contribution in [2.75, 3.05) is 6.61 Å². The monoisotopic (exact) mass is 262 g/mol. The van der Waals surface area contributed by atoms with E-state index < -0.39 is 36.6 Å². The lowest BCUT2D eigenvalue weighted by Crippen LogP contribution is -2.40.